The van der Waals surface area contributed by atoms with Gasteiger partial charge in [-0.15, -0.1) is 0 Å². The first-order valence-electron chi connectivity index (χ1n) is 5.52. The molecule has 5 nitrogen and oxygen atoms in total. The summed E-state index contributed by atoms with van der Waals surface area (Å²) in [5, 5.41) is 7.49. The number of halogens is 1. The Morgan fingerprint density at radius 2 is 2.35 bits per heavy atom. The molecule has 1 atom stereocenters. The lowest BCUT2D eigenvalue weighted by molar-refractivity contribution is 0.464. The van der Waals surface area contributed by atoms with Crippen molar-refractivity contribution in [3.8, 4) is 0 Å². The average Bonchev–Trinajstić information content (AvgIpc) is 2.85. The van der Waals surface area contributed by atoms with Crippen LogP contribution in [-0.2, 0) is 0 Å². The molecule has 0 amide bonds. The molecule has 0 aromatic carbocycles. The van der Waals surface area contributed by atoms with Crippen LogP contribution in [0.4, 0.5) is 5.82 Å². The van der Waals surface area contributed by atoms with Crippen LogP contribution < -0.4 is 5.32 Å². The Morgan fingerprint density at radius 3 is 2.94 bits per heavy atom. The van der Waals surface area contributed by atoms with Gasteiger partial charge in [0.1, 0.15) is 24.6 Å². The molecular formula is C11H14BrN5. The van der Waals surface area contributed by atoms with E-state index in [0.717, 1.165) is 23.1 Å². The second kappa shape index (κ2) is 5.77. The number of rotatable bonds is 5. The summed E-state index contributed by atoms with van der Waals surface area (Å²) < 4.78 is 2.78. The van der Waals surface area contributed by atoms with Crippen LogP contribution in [0.5, 0.6) is 0 Å². The molecule has 1 unspecified atom stereocenters. The minimum atomic E-state index is 0.0937. The number of hydrogen-bond donors (Lipinski definition) is 1. The van der Waals surface area contributed by atoms with Crippen LogP contribution in [-0.4, -0.2) is 19.7 Å². The quantitative estimate of drug-likeness (QED) is 0.921. The first-order chi connectivity index (χ1) is 8.29. The van der Waals surface area contributed by atoms with E-state index in [9.17, 15) is 0 Å². The average molecular weight is 296 g/mol. The van der Waals surface area contributed by atoms with Gasteiger partial charge in [0, 0.05) is 10.7 Å². The van der Waals surface area contributed by atoms with Crippen LogP contribution in [0.1, 0.15) is 25.9 Å². The third-order valence-electron chi connectivity index (χ3n) is 2.36. The lowest BCUT2D eigenvalue weighted by Gasteiger charge is -2.18. The summed E-state index contributed by atoms with van der Waals surface area (Å²) in [6, 6.07) is 3.89. The van der Waals surface area contributed by atoms with Gasteiger partial charge >= 0.3 is 0 Å². The molecule has 17 heavy (non-hydrogen) atoms. The van der Waals surface area contributed by atoms with Gasteiger partial charge < -0.3 is 5.32 Å². The number of anilines is 1. The van der Waals surface area contributed by atoms with Crippen LogP contribution in [0, 0.1) is 0 Å². The van der Waals surface area contributed by atoms with Crippen molar-refractivity contribution in [1.29, 1.82) is 0 Å². The maximum absolute atomic E-state index is 4.29. The van der Waals surface area contributed by atoms with Gasteiger partial charge in [0.25, 0.3) is 0 Å². The maximum atomic E-state index is 4.29. The molecule has 2 aromatic rings. The molecule has 2 heterocycles. The summed E-state index contributed by atoms with van der Waals surface area (Å²) in [5.41, 5.74) is 0. The number of aromatic nitrogens is 4. The number of hydrogen-bond acceptors (Lipinski definition) is 4. The van der Waals surface area contributed by atoms with Gasteiger partial charge in [0.2, 0.25) is 0 Å². The molecule has 0 aliphatic heterocycles. The van der Waals surface area contributed by atoms with E-state index in [0.29, 0.717) is 0 Å². The lowest BCUT2D eigenvalue weighted by atomic mass is 10.2. The smallest absolute Gasteiger partial charge is 0.137 e. The molecule has 6 heteroatoms. The van der Waals surface area contributed by atoms with Crippen LogP contribution in [0.25, 0.3) is 0 Å². The van der Waals surface area contributed by atoms with Crippen molar-refractivity contribution >= 4 is 21.7 Å². The standard InChI is InChI=1S/C11H14BrN5/c1-2-3-11(17-8-13-7-15-17)16-10-5-4-9(12)6-14-10/h4-8,11H,2-3H2,1H3,(H,14,16). The SMILES string of the molecule is CCCC(Nc1ccc(Br)cn1)n1cncn1. The van der Waals surface area contributed by atoms with Gasteiger partial charge in [-0.3, -0.25) is 0 Å². The highest BCUT2D eigenvalue weighted by Gasteiger charge is 2.10. The molecular weight excluding hydrogens is 282 g/mol. The van der Waals surface area contributed by atoms with E-state index < -0.39 is 0 Å². The topological polar surface area (TPSA) is 55.6 Å². The van der Waals surface area contributed by atoms with E-state index >= 15 is 0 Å². The van der Waals surface area contributed by atoms with Gasteiger partial charge in [-0.2, -0.15) is 5.10 Å². The Hall–Kier alpha value is -1.43. The van der Waals surface area contributed by atoms with Gasteiger partial charge in [0.15, 0.2) is 0 Å². The van der Waals surface area contributed by atoms with Crippen molar-refractivity contribution in [2.24, 2.45) is 0 Å². The molecule has 2 aromatic heterocycles. The van der Waals surface area contributed by atoms with Crippen LogP contribution in [0.15, 0.2) is 35.5 Å². The summed E-state index contributed by atoms with van der Waals surface area (Å²) in [7, 11) is 0. The second-order valence-electron chi connectivity index (χ2n) is 3.69. The zero-order valence-corrected chi connectivity index (χ0v) is 11.1. The van der Waals surface area contributed by atoms with Crippen molar-refractivity contribution in [2.45, 2.75) is 25.9 Å². The summed E-state index contributed by atoms with van der Waals surface area (Å²) in [4.78, 5) is 8.26. The van der Waals surface area contributed by atoms with Gasteiger partial charge in [0.05, 0.1) is 0 Å². The van der Waals surface area contributed by atoms with E-state index in [2.05, 4.69) is 43.2 Å². The number of pyridine rings is 1. The Kier molecular flexibility index (Phi) is 4.08. The van der Waals surface area contributed by atoms with Crippen molar-refractivity contribution in [2.75, 3.05) is 5.32 Å². The monoisotopic (exact) mass is 295 g/mol. The highest BCUT2D eigenvalue weighted by atomic mass is 79.9. The van der Waals surface area contributed by atoms with E-state index in [1.165, 1.54) is 0 Å². The van der Waals surface area contributed by atoms with E-state index in [1.807, 2.05) is 16.8 Å². The van der Waals surface area contributed by atoms with Gasteiger partial charge in [-0.25, -0.2) is 14.6 Å². The zero-order valence-electron chi connectivity index (χ0n) is 9.55. The summed E-state index contributed by atoms with van der Waals surface area (Å²) in [6.07, 6.45) is 7.16. The molecule has 2 rings (SSSR count). The van der Waals surface area contributed by atoms with E-state index in [4.69, 9.17) is 0 Å². The van der Waals surface area contributed by atoms with Crippen molar-refractivity contribution in [1.82, 2.24) is 19.7 Å². The van der Waals surface area contributed by atoms with Crippen LogP contribution >= 0.6 is 15.9 Å². The number of nitrogens with one attached hydrogen (secondary N) is 1. The summed E-state index contributed by atoms with van der Waals surface area (Å²) >= 11 is 3.36. The summed E-state index contributed by atoms with van der Waals surface area (Å²) in [6.45, 7) is 2.14. The normalized spacial score (nSPS) is 12.4. The molecule has 1 N–H and O–H groups in total. The molecule has 0 aliphatic carbocycles. The lowest BCUT2D eigenvalue weighted by Crippen LogP contribution is -2.19. The third-order valence-corrected chi connectivity index (χ3v) is 2.83. The summed E-state index contributed by atoms with van der Waals surface area (Å²) in [5.74, 6) is 0.835. The van der Waals surface area contributed by atoms with Crippen molar-refractivity contribution in [3.05, 3.63) is 35.5 Å². The Balaban J connectivity index is 2.10. The third kappa shape index (κ3) is 3.26. The first-order valence-corrected chi connectivity index (χ1v) is 6.31. The predicted molar refractivity (Wildman–Crippen MR) is 69.5 cm³/mol. The minimum Gasteiger partial charge on any atom is -0.348 e. The molecule has 0 spiro atoms. The highest BCUT2D eigenvalue weighted by molar-refractivity contribution is 9.10. The maximum Gasteiger partial charge on any atom is 0.137 e. The van der Waals surface area contributed by atoms with Crippen LogP contribution in [0.2, 0.25) is 0 Å². The zero-order chi connectivity index (χ0) is 12.1. The van der Waals surface area contributed by atoms with Crippen LogP contribution in [0.3, 0.4) is 0 Å². The Bertz CT molecular complexity index is 439. The Morgan fingerprint density at radius 1 is 1.47 bits per heavy atom. The molecule has 0 saturated heterocycles. The van der Waals surface area contributed by atoms with E-state index in [1.54, 1.807) is 18.9 Å². The van der Waals surface area contributed by atoms with E-state index in [-0.39, 0.29) is 6.17 Å². The second-order valence-corrected chi connectivity index (χ2v) is 4.60. The molecule has 0 fully saturated rings. The van der Waals surface area contributed by atoms with Crippen molar-refractivity contribution in [3.63, 3.8) is 0 Å². The van der Waals surface area contributed by atoms with Gasteiger partial charge in [-0.1, -0.05) is 13.3 Å². The number of nitrogens with zero attached hydrogens (tertiary/aromatic N) is 4. The minimum absolute atomic E-state index is 0.0937. The fourth-order valence-electron chi connectivity index (χ4n) is 1.55. The molecule has 0 saturated carbocycles. The fourth-order valence-corrected chi connectivity index (χ4v) is 1.79. The molecule has 0 radical (unpaired) electrons. The first kappa shape index (κ1) is 12.0. The van der Waals surface area contributed by atoms with Gasteiger partial charge in [-0.05, 0) is 34.5 Å². The predicted octanol–water partition coefficient (Wildman–Crippen LogP) is 2.85. The fraction of sp³-hybridized carbons (Fsp3) is 0.364. The Labute approximate surface area is 108 Å². The largest absolute Gasteiger partial charge is 0.348 e. The van der Waals surface area contributed by atoms with Crippen molar-refractivity contribution < 1.29 is 0 Å². The molecule has 0 aliphatic rings. The molecule has 0 bridgehead atoms. The molecule has 90 valence electrons. The highest BCUT2D eigenvalue weighted by Crippen LogP contribution is 2.17.